The SMILES string of the molecule is O=C(NCCCCO)c1cc([N+](=O)[O-])c[nH]c1=O. The van der Waals surface area contributed by atoms with Crippen molar-refractivity contribution in [1.82, 2.24) is 10.3 Å². The second-order valence-corrected chi connectivity index (χ2v) is 3.54. The zero-order chi connectivity index (χ0) is 13.5. The molecule has 0 aliphatic carbocycles. The molecule has 0 unspecified atom stereocenters. The second kappa shape index (κ2) is 6.50. The predicted molar refractivity (Wildman–Crippen MR) is 62.4 cm³/mol. The quantitative estimate of drug-likeness (QED) is 0.368. The van der Waals surface area contributed by atoms with Crippen molar-refractivity contribution in [1.29, 1.82) is 0 Å². The van der Waals surface area contributed by atoms with E-state index in [9.17, 15) is 19.7 Å². The molecule has 8 heteroatoms. The first-order valence-corrected chi connectivity index (χ1v) is 5.32. The summed E-state index contributed by atoms with van der Waals surface area (Å²) in [6.45, 7) is 0.314. The maximum Gasteiger partial charge on any atom is 0.286 e. The van der Waals surface area contributed by atoms with Gasteiger partial charge in [-0.2, -0.15) is 0 Å². The highest BCUT2D eigenvalue weighted by Crippen LogP contribution is 2.07. The molecule has 0 radical (unpaired) electrons. The van der Waals surface area contributed by atoms with E-state index in [1.165, 1.54) is 0 Å². The van der Waals surface area contributed by atoms with Crippen molar-refractivity contribution >= 4 is 11.6 Å². The summed E-state index contributed by atoms with van der Waals surface area (Å²) in [5.74, 6) is -0.669. The maximum absolute atomic E-state index is 11.6. The molecule has 0 spiro atoms. The number of aromatic amines is 1. The second-order valence-electron chi connectivity index (χ2n) is 3.54. The number of aromatic nitrogens is 1. The molecule has 0 bridgehead atoms. The number of H-pyrrole nitrogens is 1. The Bertz CT molecular complexity index is 497. The number of aliphatic hydroxyl groups excluding tert-OH is 1. The van der Waals surface area contributed by atoms with Gasteiger partial charge in [0.25, 0.3) is 17.2 Å². The predicted octanol–water partition coefficient (Wildman–Crippen LogP) is -0.215. The monoisotopic (exact) mass is 255 g/mol. The van der Waals surface area contributed by atoms with Crippen LogP contribution in [0.25, 0.3) is 0 Å². The van der Waals surface area contributed by atoms with Crippen molar-refractivity contribution in [2.75, 3.05) is 13.2 Å². The Balaban J connectivity index is 2.75. The Morgan fingerprint density at radius 2 is 2.22 bits per heavy atom. The van der Waals surface area contributed by atoms with Crippen LogP contribution in [0.2, 0.25) is 0 Å². The van der Waals surface area contributed by atoms with Crippen LogP contribution in [0, 0.1) is 10.1 Å². The van der Waals surface area contributed by atoms with Gasteiger partial charge in [-0.15, -0.1) is 0 Å². The van der Waals surface area contributed by atoms with Crippen LogP contribution in [0.1, 0.15) is 23.2 Å². The van der Waals surface area contributed by atoms with Gasteiger partial charge >= 0.3 is 0 Å². The number of nitro groups is 1. The average molecular weight is 255 g/mol. The number of carbonyl (C=O) groups excluding carboxylic acids is 1. The summed E-state index contributed by atoms with van der Waals surface area (Å²) in [5, 5.41) is 21.5. The lowest BCUT2D eigenvalue weighted by Crippen LogP contribution is -2.30. The van der Waals surface area contributed by atoms with Gasteiger partial charge in [-0.25, -0.2) is 0 Å². The molecular formula is C10H13N3O5. The zero-order valence-corrected chi connectivity index (χ0v) is 9.51. The number of carbonyl (C=O) groups is 1. The highest BCUT2D eigenvalue weighted by Gasteiger charge is 2.15. The van der Waals surface area contributed by atoms with E-state index in [-0.39, 0.29) is 17.9 Å². The molecule has 1 heterocycles. The minimum absolute atomic E-state index is 0.0211. The largest absolute Gasteiger partial charge is 0.396 e. The van der Waals surface area contributed by atoms with E-state index >= 15 is 0 Å². The molecule has 0 aliphatic rings. The molecule has 0 saturated carbocycles. The number of pyridine rings is 1. The highest BCUT2D eigenvalue weighted by molar-refractivity contribution is 5.94. The van der Waals surface area contributed by atoms with E-state index < -0.39 is 16.4 Å². The van der Waals surface area contributed by atoms with E-state index in [2.05, 4.69) is 10.3 Å². The summed E-state index contributed by atoms with van der Waals surface area (Å²) in [6.07, 6.45) is 2.03. The topological polar surface area (TPSA) is 125 Å². The third-order valence-corrected chi connectivity index (χ3v) is 2.21. The Hall–Kier alpha value is -2.22. The minimum atomic E-state index is -0.696. The van der Waals surface area contributed by atoms with Crippen LogP contribution in [0.15, 0.2) is 17.1 Å². The summed E-state index contributed by atoms with van der Waals surface area (Å²) in [7, 11) is 0. The Labute approximate surface area is 102 Å². The van der Waals surface area contributed by atoms with Gasteiger partial charge in [0.15, 0.2) is 0 Å². The molecule has 3 N–H and O–H groups in total. The minimum Gasteiger partial charge on any atom is -0.396 e. The fraction of sp³-hybridized carbons (Fsp3) is 0.400. The number of nitrogens with zero attached hydrogens (tertiary/aromatic N) is 1. The lowest BCUT2D eigenvalue weighted by molar-refractivity contribution is -0.385. The molecule has 1 rings (SSSR count). The number of nitrogens with one attached hydrogen (secondary N) is 2. The first kappa shape index (κ1) is 13.8. The number of hydrogen-bond donors (Lipinski definition) is 3. The smallest absolute Gasteiger partial charge is 0.286 e. The molecule has 0 saturated heterocycles. The van der Waals surface area contributed by atoms with Crippen molar-refractivity contribution in [2.24, 2.45) is 0 Å². The lowest BCUT2D eigenvalue weighted by Gasteiger charge is -2.03. The maximum atomic E-state index is 11.6. The van der Waals surface area contributed by atoms with Crippen LogP contribution in [-0.4, -0.2) is 34.1 Å². The van der Waals surface area contributed by atoms with Gasteiger partial charge < -0.3 is 15.4 Å². The molecule has 1 aromatic heterocycles. The van der Waals surface area contributed by atoms with Crippen molar-refractivity contribution in [2.45, 2.75) is 12.8 Å². The molecule has 0 atom stereocenters. The highest BCUT2D eigenvalue weighted by atomic mass is 16.6. The number of hydrogen-bond acceptors (Lipinski definition) is 5. The van der Waals surface area contributed by atoms with Gasteiger partial charge in [0.1, 0.15) is 5.56 Å². The summed E-state index contributed by atoms with van der Waals surface area (Å²) in [4.78, 5) is 34.9. The fourth-order valence-corrected chi connectivity index (χ4v) is 1.28. The van der Waals surface area contributed by atoms with Gasteiger partial charge in [-0.05, 0) is 12.8 Å². The van der Waals surface area contributed by atoms with Crippen LogP contribution in [0.3, 0.4) is 0 Å². The number of amides is 1. The molecule has 1 amide bonds. The van der Waals surface area contributed by atoms with Gasteiger partial charge in [-0.1, -0.05) is 0 Å². The average Bonchev–Trinajstić information content (AvgIpc) is 2.34. The van der Waals surface area contributed by atoms with Gasteiger partial charge in [0.05, 0.1) is 11.1 Å². The van der Waals surface area contributed by atoms with E-state index in [0.717, 1.165) is 12.3 Å². The molecule has 0 aliphatic heterocycles. The number of rotatable bonds is 6. The van der Waals surface area contributed by atoms with Crippen LogP contribution in [0.5, 0.6) is 0 Å². The van der Waals surface area contributed by atoms with E-state index in [4.69, 9.17) is 5.11 Å². The molecule has 8 nitrogen and oxygen atoms in total. The molecule has 98 valence electrons. The molecular weight excluding hydrogens is 242 g/mol. The summed E-state index contributed by atoms with van der Waals surface area (Å²) >= 11 is 0. The van der Waals surface area contributed by atoms with Crippen LogP contribution < -0.4 is 10.9 Å². The fourth-order valence-electron chi connectivity index (χ4n) is 1.28. The zero-order valence-electron chi connectivity index (χ0n) is 9.51. The van der Waals surface area contributed by atoms with Gasteiger partial charge in [0.2, 0.25) is 0 Å². The Morgan fingerprint density at radius 3 is 2.83 bits per heavy atom. The molecule has 18 heavy (non-hydrogen) atoms. The van der Waals surface area contributed by atoms with Gasteiger partial charge in [0, 0.05) is 19.2 Å². The molecule has 0 fully saturated rings. The van der Waals surface area contributed by atoms with Crippen molar-refractivity contribution in [3.05, 3.63) is 38.3 Å². The van der Waals surface area contributed by atoms with Crippen molar-refractivity contribution in [3.8, 4) is 0 Å². The summed E-state index contributed by atoms with van der Waals surface area (Å²) in [6, 6.07) is 0.931. The first-order chi connectivity index (χ1) is 8.56. The summed E-state index contributed by atoms with van der Waals surface area (Å²) < 4.78 is 0. The van der Waals surface area contributed by atoms with Gasteiger partial charge in [-0.3, -0.25) is 19.7 Å². The van der Waals surface area contributed by atoms with Crippen LogP contribution in [-0.2, 0) is 0 Å². The number of unbranched alkanes of at least 4 members (excludes halogenated alkanes) is 1. The Kier molecular flexibility index (Phi) is 5.00. The third-order valence-electron chi connectivity index (χ3n) is 2.21. The van der Waals surface area contributed by atoms with Crippen molar-refractivity contribution in [3.63, 3.8) is 0 Å². The van der Waals surface area contributed by atoms with E-state index in [0.29, 0.717) is 19.4 Å². The lowest BCUT2D eigenvalue weighted by atomic mass is 10.2. The standard InChI is InChI=1S/C10H13N3O5/c14-4-2-1-3-11-9(15)8-5-7(13(17)18)6-12-10(8)16/h5-6,14H,1-4H2,(H,11,15)(H,12,16). The van der Waals surface area contributed by atoms with Crippen LogP contribution in [0.4, 0.5) is 5.69 Å². The van der Waals surface area contributed by atoms with E-state index in [1.54, 1.807) is 0 Å². The normalized spacial score (nSPS) is 10.1. The molecule has 0 aromatic carbocycles. The summed E-state index contributed by atoms with van der Waals surface area (Å²) in [5.41, 5.74) is -1.33. The molecule has 1 aromatic rings. The number of aliphatic hydroxyl groups is 1. The van der Waals surface area contributed by atoms with Crippen molar-refractivity contribution < 1.29 is 14.8 Å². The van der Waals surface area contributed by atoms with E-state index in [1.807, 2.05) is 0 Å². The Morgan fingerprint density at radius 1 is 1.50 bits per heavy atom. The van der Waals surface area contributed by atoms with Crippen LogP contribution >= 0.6 is 0 Å². The third kappa shape index (κ3) is 3.67. The first-order valence-electron chi connectivity index (χ1n) is 5.32.